The summed E-state index contributed by atoms with van der Waals surface area (Å²) in [5.41, 5.74) is 0.993. The number of likely N-dealkylation sites (tertiary alicyclic amines) is 1. The van der Waals surface area contributed by atoms with Crippen molar-refractivity contribution in [1.29, 1.82) is 0 Å². The summed E-state index contributed by atoms with van der Waals surface area (Å²) in [6.45, 7) is -0.340. The second kappa shape index (κ2) is 10.9. The highest BCUT2D eigenvalue weighted by Crippen LogP contribution is 2.59. The summed E-state index contributed by atoms with van der Waals surface area (Å²) < 4.78 is 6.58. The minimum Gasteiger partial charge on any atom is -0.394 e. The minimum absolute atomic E-state index is 0.296. The average Bonchev–Trinajstić information content (AvgIpc) is 3.68. The summed E-state index contributed by atoms with van der Waals surface area (Å²) >= 11 is 0. The Labute approximate surface area is 249 Å². The van der Waals surface area contributed by atoms with Crippen LogP contribution in [0.4, 0.5) is 11.4 Å². The van der Waals surface area contributed by atoms with Crippen molar-refractivity contribution in [2.75, 3.05) is 17.2 Å². The van der Waals surface area contributed by atoms with Gasteiger partial charge in [-0.25, -0.2) is 0 Å². The van der Waals surface area contributed by atoms with Gasteiger partial charge in [-0.3, -0.25) is 14.4 Å². The number of carbonyl (C=O) groups is 3. The quantitative estimate of drug-likeness (QED) is 0.289. The number of hydrogen-bond acceptors (Lipinski definition) is 5. The van der Waals surface area contributed by atoms with Crippen molar-refractivity contribution in [2.45, 2.75) is 43.1 Å². The molecule has 0 aromatic heterocycles. The van der Waals surface area contributed by atoms with E-state index in [-0.39, 0.29) is 24.3 Å². The Morgan fingerprint density at radius 2 is 1.53 bits per heavy atom. The average molecular weight is 576 g/mol. The number of fused-ring (bicyclic) bond motifs is 2. The third-order valence-corrected chi connectivity index (χ3v) is 9.27. The number of benzene rings is 4. The Morgan fingerprint density at radius 3 is 2.28 bits per heavy atom. The first-order valence-corrected chi connectivity index (χ1v) is 14.8. The molecule has 2 bridgehead atoms. The van der Waals surface area contributed by atoms with Crippen molar-refractivity contribution < 1.29 is 24.2 Å². The van der Waals surface area contributed by atoms with Gasteiger partial charge in [-0.05, 0) is 59.9 Å². The minimum atomic E-state index is -1.18. The standard InChI is InChI=1S/C35H33N3O5/c39-21-27(19-22-9-3-1-4-10-22)38-31(33(41)37-26-16-15-23-11-7-8-12-24(23)20-26)35-18-17-28(43-35)29(30(35)34(38)42)32(40)36-25-13-5-2-6-14-25/h1-16,20,27-31,39H,17-19,21H2,(H,36,40)(H,37,41)/t27-,28+,29-,30+,31?,35?/m1/s1. The Kier molecular flexibility index (Phi) is 6.95. The highest BCUT2D eigenvalue weighted by Gasteiger charge is 2.75. The van der Waals surface area contributed by atoms with Gasteiger partial charge < -0.3 is 25.4 Å². The zero-order chi connectivity index (χ0) is 29.6. The molecule has 4 aromatic carbocycles. The topological polar surface area (TPSA) is 108 Å². The van der Waals surface area contributed by atoms with Gasteiger partial charge in [0.05, 0.1) is 30.6 Å². The summed E-state index contributed by atoms with van der Waals surface area (Å²) in [4.78, 5) is 44.0. The van der Waals surface area contributed by atoms with E-state index in [1.54, 1.807) is 12.1 Å². The lowest BCUT2D eigenvalue weighted by atomic mass is 9.70. The van der Waals surface area contributed by atoms with Crippen molar-refractivity contribution in [2.24, 2.45) is 11.8 Å². The summed E-state index contributed by atoms with van der Waals surface area (Å²) in [6.07, 6.45) is 0.916. The Bertz CT molecular complexity index is 1680. The lowest BCUT2D eigenvalue weighted by Crippen LogP contribution is -2.56. The summed E-state index contributed by atoms with van der Waals surface area (Å²) in [5.74, 6) is -2.60. The van der Waals surface area contributed by atoms with Crippen LogP contribution < -0.4 is 10.6 Å². The van der Waals surface area contributed by atoms with E-state index in [9.17, 15) is 19.5 Å². The number of carbonyl (C=O) groups excluding carboxylic acids is 3. The second-order valence-electron chi connectivity index (χ2n) is 11.7. The van der Waals surface area contributed by atoms with E-state index in [1.165, 1.54) is 4.90 Å². The van der Waals surface area contributed by atoms with Gasteiger partial charge in [0.1, 0.15) is 11.6 Å². The molecule has 3 N–H and O–H groups in total. The monoisotopic (exact) mass is 575 g/mol. The van der Waals surface area contributed by atoms with Crippen LogP contribution in [0.3, 0.4) is 0 Å². The molecule has 1 spiro atoms. The van der Waals surface area contributed by atoms with Gasteiger partial charge in [0.15, 0.2) is 0 Å². The van der Waals surface area contributed by atoms with Crippen LogP contribution >= 0.6 is 0 Å². The molecular weight excluding hydrogens is 542 g/mol. The molecule has 218 valence electrons. The van der Waals surface area contributed by atoms with Crippen LogP contribution in [0.5, 0.6) is 0 Å². The fraction of sp³-hybridized carbons (Fsp3) is 0.286. The predicted molar refractivity (Wildman–Crippen MR) is 163 cm³/mol. The molecular formula is C35H33N3O5. The number of ether oxygens (including phenoxy) is 1. The highest BCUT2D eigenvalue weighted by molar-refractivity contribution is 6.05. The maximum atomic E-state index is 14.4. The molecule has 8 nitrogen and oxygen atoms in total. The molecule has 8 heteroatoms. The first kappa shape index (κ1) is 27.3. The summed E-state index contributed by atoms with van der Waals surface area (Å²) in [7, 11) is 0. The number of anilines is 2. The molecule has 0 aliphatic carbocycles. The highest BCUT2D eigenvalue weighted by atomic mass is 16.5. The van der Waals surface area contributed by atoms with E-state index in [4.69, 9.17) is 4.74 Å². The van der Waals surface area contributed by atoms with E-state index >= 15 is 0 Å². The number of aliphatic hydroxyl groups is 1. The zero-order valence-corrected chi connectivity index (χ0v) is 23.6. The number of amides is 3. The number of nitrogens with one attached hydrogen (secondary N) is 2. The normalized spacial score (nSPS) is 26.3. The van der Waals surface area contributed by atoms with E-state index in [1.807, 2.05) is 91.0 Å². The molecule has 0 saturated carbocycles. The third kappa shape index (κ3) is 4.67. The first-order chi connectivity index (χ1) is 21.0. The molecule has 3 aliphatic rings. The largest absolute Gasteiger partial charge is 0.394 e. The fourth-order valence-corrected chi connectivity index (χ4v) is 7.45. The van der Waals surface area contributed by atoms with Crippen molar-refractivity contribution in [3.63, 3.8) is 0 Å². The second-order valence-corrected chi connectivity index (χ2v) is 11.7. The number of aliphatic hydroxyl groups excluding tert-OH is 1. The van der Waals surface area contributed by atoms with E-state index in [2.05, 4.69) is 10.6 Å². The number of rotatable bonds is 8. The summed E-state index contributed by atoms with van der Waals surface area (Å²) in [6, 6.07) is 30.6. The van der Waals surface area contributed by atoms with Crippen LogP contribution in [-0.4, -0.2) is 58.1 Å². The van der Waals surface area contributed by atoms with E-state index in [0.717, 1.165) is 16.3 Å². The van der Waals surface area contributed by atoms with Gasteiger partial charge in [-0.15, -0.1) is 0 Å². The van der Waals surface area contributed by atoms with E-state index < -0.39 is 35.6 Å². The third-order valence-electron chi connectivity index (χ3n) is 9.27. The van der Waals surface area contributed by atoms with Gasteiger partial charge in [-0.1, -0.05) is 78.9 Å². The SMILES string of the molecule is O=C(Nc1ccc2ccccc2c1)C1N([C@@H](CO)Cc2ccccc2)C(=O)[C@@H]2[C@H](C(=O)Nc3ccccc3)[C@@H]3CCC12O3. The van der Waals surface area contributed by atoms with Crippen molar-refractivity contribution in [3.05, 3.63) is 109 Å². The Balaban J connectivity index is 1.25. The van der Waals surface area contributed by atoms with Gasteiger partial charge in [0, 0.05) is 11.4 Å². The van der Waals surface area contributed by atoms with Crippen molar-refractivity contribution in [1.82, 2.24) is 4.90 Å². The van der Waals surface area contributed by atoms with Crippen LogP contribution in [-0.2, 0) is 25.5 Å². The summed E-state index contributed by atoms with van der Waals surface area (Å²) in [5, 5.41) is 18.7. The smallest absolute Gasteiger partial charge is 0.250 e. The van der Waals surface area contributed by atoms with Crippen molar-refractivity contribution in [3.8, 4) is 0 Å². The molecule has 6 atom stereocenters. The molecule has 4 aromatic rings. The Morgan fingerprint density at radius 1 is 0.860 bits per heavy atom. The maximum Gasteiger partial charge on any atom is 0.250 e. The lowest BCUT2D eigenvalue weighted by Gasteiger charge is -2.36. The molecule has 3 amide bonds. The molecule has 43 heavy (non-hydrogen) atoms. The van der Waals surface area contributed by atoms with Crippen LogP contribution in [0.2, 0.25) is 0 Å². The first-order valence-electron chi connectivity index (χ1n) is 14.8. The molecule has 0 radical (unpaired) electrons. The maximum absolute atomic E-state index is 14.4. The van der Waals surface area contributed by atoms with Crippen LogP contribution in [0.1, 0.15) is 18.4 Å². The lowest BCUT2D eigenvalue weighted by molar-refractivity contribution is -0.143. The Hall–Kier alpha value is -4.53. The number of hydrogen-bond donors (Lipinski definition) is 3. The van der Waals surface area contributed by atoms with Gasteiger partial charge in [0.25, 0.3) is 0 Å². The van der Waals surface area contributed by atoms with Crippen LogP contribution in [0.15, 0.2) is 103 Å². The van der Waals surface area contributed by atoms with Gasteiger partial charge in [0.2, 0.25) is 17.7 Å². The number of para-hydroxylation sites is 1. The van der Waals surface area contributed by atoms with Gasteiger partial charge >= 0.3 is 0 Å². The van der Waals surface area contributed by atoms with Crippen LogP contribution in [0, 0.1) is 11.8 Å². The number of nitrogens with zero attached hydrogens (tertiary/aromatic N) is 1. The van der Waals surface area contributed by atoms with Gasteiger partial charge in [-0.2, -0.15) is 0 Å². The molecule has 3 aliphatic heterocycles. The van der Waals surface area contributed by atoms with E-state index in [0.29, 0.717) is 30.6 Å². The fourth-order valence-electron chi connectivity index (χ4n) is 7.45. The molecule has 7 rings (SSSR count). The van der Waals surface area contributed by atoms with Crippen molar-refractivity contribution >= 4 is 39.9 Å². The molecule has 3 saturated heterocycles. The predicted octanol–water partition coefficient (Wildman–Crippen LogP) is 4.40. The molecule has 3 fully saturated rings. The molecule has 2 unspecified atom stereocenters. The zero-order valence-electron chi connectivity index (χ0n) is 23.6. The molecule has 3 heterocycles. The van der Waals surface area contributed by atoms with Crippen LogP contribution in [0.25, 0.3) is 10.8 Å².